The number of nitrogen functional groups attached to an aromatic ring is 1. The Kier molecular flexibility index (Phi) is 6.70. The third-order valence-electron chi connectivity index (χ3n) is 6.54. The summed E-state index contributed by atoms with van der Waals surface area (Å²) in [4.78, 5) is 20.6. The highest BCUT2D eigenvalue weighted by Gasteiger charge is 2.25. The van der Waals surface area contributed by atoms with Crippen LogP contribution >= 0.6 is 11.6 Å². The first-order chi connectivity index (χ1) is 18.1. The fourth-order valence-electron chi connectivity index (χ4n) is 4.66. The molecule has 0 atom stereocenters. The number of nitrogens with one attached hydrogen (secondary N) is 1. The standard InChI is InChI=1S/C27H26ClFN6O2S/c1-15(2)27(36)33-17-7-8-18(20(29)13-17)24-22(23-25(30)31-14-32-26(23)35(24)3)16-6-9-21(19(28)12-16)34-38(37)10-4-5-11-38/h6-9,12-14H,1,4-5,10-11H2,2-3H3,(H,33,36)(H2,30,31,32). The van der Waals surface area contributed by atoms with Gasteiger partial charge in [0.05, 0.1) is 31.5 Å². The fraction of sp³-hybridized carbons (Fsp3) is 0.222. The van der Waals surface area contributed by atoms with Crippen molar-refractivity contribution in [3.8, 4) is 22.4 Å². The largest absolute Gasteiger partial charge is 0.383 e. The van der Waals surface area contributed by atoms with Gasteiger partial charge in [0.1, 0.15) is 23.6 Å². The molecule has 0 saturated carbocycles. The first-order valence-electron chi connectivity index (χ1n) is 12.0. The fourth-order valence-corrected chi connectivity index (χ4v) is 7.15. The van der Waals surface area contributed by atoms with E-state index >= 15 is 4.39 Å². The van der Waals surface area contributed by atoms with E-state index in [0.717, 1.165) is 12.8 Å². The predicted octanol–water partition coefficient (Wildman–Crippen LogP) is 6.08. The van der Waals surface area contributed by atoms with Crippen LogP contribution in [-0.4, -0.2) is 36.2 Å². The lowest BCUT2D eigenvalue weighted by Gasteiger charge is -2.12. The van der Waals surface area contributed by atoms with E-state index in [1.807, 2.05) is 0 Å². The van der Waals surface area contributed by atoms with Crippen LogP contribution in [0.2, 0.25) is 5.02 Å². The number of carbonyl (C=O) groups is 1. The molecule has 1 amide bonds. The van der Waals surface area contributed by atoms with Gasteiger partial charge < -0.3 is 15.6 Å². The maximum atomic E-state index is 15.6. The molecule has 5 rings (SSSR count). The quantitative estimate of drug-likeness (QED) is 0.291. The second kappa shape index (κ2) is 9.85. The highest BCUT2D eigenvalue weighted by Crippen LogP contribution is 2.44. The first-order valence-corrected chi connectivity index (χ1v) is 14.2. The first kappa shape index (κ1) is 25.9. The van der Waals surface area contributed by atoms with Crippen molar-refractivity contribution in [1.82, 2.24) is 14.5 Å². The van der Waals surface area contributed by atoms with Gasteiger partial charge >= 0.3 is 0 Å². The molecule has 1 aliphatic rings. The monoisotopic (exact) mass is 552 g/mol. The Hall–Kier alpha value is -3.76. The van der Waals surface area contributed by atoms with Crippen molar-refractivity contribution in [3.63, 3.8) is 0 Å². The van der Waals surface area contributed by atoms with Crippen LogP contribution in [-0.2, 0) is 21.6 Å². The molecule has 8 nitrogen and oxygen atoms in total. The van der Waals surface area contributed by atoms with Gasteiger partial charge in [-0.3, -0.25) is 4.79 Å². The van der Waals surface area contributed by atoms with Crippen molar-refractivity contribution in [3.05, 3.63) is 65.7 Å². The third kappa shape index (κ3) is 4.65. The van der Waals surface area contributed by atoms with Crippen LogP contribution in [0.3, 0.4) is 0 Å². The van der Waals surface area contributed by atoms with Gasteiger partial charge in [0, 0.05) is 40.9 Å². The molecule has 3 N–H and O–H groups in total. The number of rotatable bonds is 5. The van der Waals surface area contributed by atoms with Gasteiger partial charge in [-0.05, 0) is 55.7 Å². The van der Waals surface area contributed by atoms with Gasteiger partial charge in [-0.1, -0.05) is 24.2 Å². The van der Waals surface area contributed by atoms with E-state index in [4.69, 9.17) is 17.3 Å². The van der Waals surface area contributed by atoms with Gasteiger partial charge in [0.25, 0.3) is 5.91 Å². The van der Waals surface area contributed by atoms with Crippen LogP contribution in [0.4, 0.5) is 21.6 Å². The number of aromatic nitrogens is 3. The molecular weight excluding hydrogens is 527 g/mol. The molecule has 1 saturated heterocycles. The molecule has 0 aliphatic carbocycles. The Morgan fingerprint density at radius 3 is 2.61 bits per heavy atom. The molecule has 0 unspecified atom stereocenters. The Bertz CT molecular complexity index is 1740. The SMILES string of the molecule is C=C(C)C(=O)Nc1ccc(-c2c(-c3ccc(N=S4(=O)CCCC4)c(Cl)c3)c3c(N)ncnc3n2C)c(F)c1. The number of anilines is 2. The van der Waals surface area contributed by atoms with Crippen LogP contribution < -0.4 is 11.1 Å². The normalized spacial score (nSPS) is 14.5. The summed E-state index contributed by atoms with van der Waals surface area (Å²) in [5, 5.41) is 3.50. The van der Waals surface area contributed by atoms with E-state index in [-0.39, 0.29) is 11.4 Å². The smallest absolute Gasteiger partial charge is 0.250 e. The van der Waals surface area contributed by atoms with Crippen molar-refractivity contribution >= 4 is 55.5 Å². The van der Waals surface area contributed by atoms with Crippen LogP contribution in [0.15, 0.2) is 59.2 Å². The highest BCUT2D eigenvalue weighted by atomic mass is 35.5. The number of carbonyl (C=O) groups excluding carboxylic acids is 1. The summed E-state index contributed by atoms with van der Waals surface area (Å²) in [5.74, 6) is 0.406. The van der Waals surface area contributed by atoms with E-state index in [0.29, 0.717) is 61.3 Å². The maximum absolute atomic E-state index is 15.6. The zero-order valence-corrected chi connectivity index (χ0v) is 22.5. The van der Waals surface area contributed by atoms with Crippen LogP contribution in [0.5, 0.6) is 0 Å². The summed E-state index contributed by atoms with van der Waals surface area (Å²) in [6, 6.07) is 9.68. The summed E-state index contributed by atoms with van der Waals surface area (Å²) in [6.07, 6.45) is 3.13. The second-order valence-electron chi connectivity index (χ2n) is 9.31. The molecule has 1 aliphatic heterocycles. The van der Waals surface area contributed by atoms with E-state index in [1.165, 1.54) is 12.4 Å². The number of nitrogens with two attached hydrogens (primary N) is 1. The van der Waals surface area contributed by atoms with Gasteiger partial charge in [0.2, 0.25) is 0 Å². The van der Waals surface area contributed by atoms with Crippen molar-refractivity contribution < 1.29 is 13.4 Å². The Morgan fingerprint density at radius 2 is 1.95 bits per heavy atom. The zero-order valence-electron chi connectivity index (χ0n) is 20.9. The molecular formula is C27H26ClFN6O2S. The lowest BCUT2D eigenvalue weighted by molar-refractivity contribution is -0.112. The predicted molar refractivity (Wildman–Crippen MR) is 151 cm³/mol. The van der Waals surface area contributed by atoms with Gasteiger partial charge in [0.15, 0.2) is 0 Å². The lowest BCUT2D eigenvalue weighted by atomic mass is 9.98. The molecule has 0 radical (unpaired) electrons. The summed E-state index contributed by atoms with van der Waals surface area (Å²) < 4.78 is 34.8. The number of benzene rings is 2. The molecule has 38 heavy (non-hydrogen) atoms. The molecule has 3 heterocycles. The molecule has 2 aromatic heterocycles. The minimum Gasteiger partial charge on any atom is -0.383 e. The molecule has 196 valence electrons. The Labute approximate surface area is 224 Å². The summed E-state index contributed by atoms with van der Waals surface area (Å²) in [6.45, 7) is 5.18. The molecule has 1 fully saturated rings. The summed E-state index contributed by atoms with van der Waals surface area (Å²) >= 11 is 6.63. The minimum absolute atomic E-state index is 0.233. The van der Waals surface area contributed by atoms with Crippen molar-refractivity contribution in [1.29, 1.82) is 0 Å². The average molecular weight is 553 g/mol. The van der Waals surface area contributed by atoms with Crippen LogP contribution in [0, 0.1) is 5.82 Å². The second-order valence-corrected chi connectivity index (χ2v) is 12.3. The molecule has 11 heteroatoms. The lowest BCUT2D eigenvalue weighted by Crippen LogP contribution is -2.12. The molecule has 4 aromatic rings. The number of halogens is 2. The van der Waals surface area contributed by atoms with Crippen molar-refractivity contribution in [2.45, 2.75) is 19.8 Å². The molecule has 0 bridgehead atoms. The minimum atomic E-state index is -2.31. The number of fused-ring (bicyclic) bond motifs is 1. The molecule has 0 spiro atoms. The summed E-state index contributed by atoms with van der Waals surface area (Å²) in [5.41, 5.74) is 9.89. The van der Waals surface area contributed by atoms with Crippen molar-refractivity contribution in [2.24, 2.45) is 11.4 Å². The number of nitrogens with zero attached hydrogens (tertiary/aromatic N) is 4. The van der Waals surface area contributed by atoms with E-state index < -0.39 is 21.5 Å². The van der Waals surface area contributed by atoms with E-state index in [9.17, 15) is 9.00 Å². The molecule has 2 aromatic carbocycles. The van der Waals surface area contributed by atoms with Gasteiger partial charge in [-0.2, -0.15) is 4.36 Å². The topological polar surface area (TPSA) is 115 Å². The number of hydrogen-bond acceptors (Lipinski definition) is 6. The maximum Gasteiger partial charge on any atom is 0.250 e. The van der Waals surface area contributed by atoms with E-state index in [2.05, 4.69) is 26.2 Å². The zero-order chi connectivity index (χ0) is 27.2. The summed E-state index contributed by atoms with van der Waals surface area (Å²) in [7, 11) is -0.544. The average Bonchev–Trinajstić information content (AvgIpc) is 3.42. The van der Waals surface area contributed by atoms with Crippen LogP contribution in [0.1, 0.15) is 19.8 Å². The van der Waals surface area contributed by atoms with Crippen LogP contribution in [0.25, 0.3) is 33.4 Å². The number of amides is 1. The van der Waals surface area contributed by atoms with Gasteiger partial charge in [-0.25, -0.2) is 18.6 Å². The van der Waals surface area contributed by atoms with Crippen molar-refractivity contribution in [2.75, 3.05) is 22.6 Å². The number of hydrogen-bond donors (Lipinski definition) is 2. The number of aryl methyl sites for hydroxylation is 1. The highest BCUT2D eigenvalue weighted by molar-refractivity contribution is 7.93. The third-order valence-corrected chi connectivity index (χ3v) is 9.23. The Morgan fingerprint density at radius 1 is 1.21 bits per heavy atom. The van der Waals surface area contributed by atoms with E-state index in [1.54, 1.807) is 48.9 Å². The Balaban J connectivity index is 1.69. The van der Waals surface area contributed by atoms with Gasteiger partial charge in [-0.15, -0.1) is 0 Å².